The first-order valence-electron chi connectivity index (χ1n) is 9.47. The van der Waals surface area contributed by atoms with Crippen molar-refractivity contribution in [1.82, 2.24) is 0 Å². The van der Waals surface area contributed by atoms with E-state index in [9.17, 15) is 13.2 Å². The molecule has 0 fully saturated rings. The molecule has 146 valence electrons. The Bertz CT molecular complexity index is 803. The molecular weight excluding hydrogens is 360 g/mol. The molecule has 0 radical (unpaired) electrons. The quantitative estimate of drug-likeness (QED) is 0.530. The van der Waals surface area contributed by atoms with E-state index in [-0.39, 0.29) is 11.8 Å². The minimum atomic E-state index is -3.28. The van der Waals surface area contributed by atoms with E-state index < -0.39 is 9.84 Å². The van der Waals surface area contributed by atoms with Gasteiger partial charge in [-0.2, -0.15) is 0 Å². The number of urea groups is 1. The molecule has 0 atom stereocenters. The number of carbonyl (C=O) groups excluding carboxylic acids is 1. The van der Waals surface area contributed by atoms with Crippen molar-refractivity contribution in [1.29, 1.82) is 0 Å². The fourth-order valence-corrected chi connectivity index (χ4v) is 4.12. The van der Waals surface area contributed by atoms with Crippen molar-refractivity contribution in [3.05, 3.63) is 54.6 Å². The van der Waals surface area contributed by atoms with Crippen LogP contribution in [0.15, 0.2) is 59.5 Å². The summed E-state index contributed by atoms with van der Waals surface area (Å²) in [4.78, 5) is 12.3. The van der Waals surface area contributed by atoms with Gasteiger partial charge in [-0.3, -0.25) is 0 Å². The van der Waals surface area contributed by atoms with Gasteiger partial charge >= 0.3 is 6.03 Å². The van der Waals surface area contributed by atoms with E-state index in [1.54, 1.807) is 36.4 Å². The van der Waals surface area contributed by atoms with Gasteiger partial charge in [0.05, 0.1) is 10.6 Å². The van der Waals surface area contributed by atoms with E-state index in [0.717, 1.165) is 12.8 Å². The molecule has 6 heteroatoms. The van der Waals surface area contributed by atoms with Crippen LogP contribution in [0, 0.1) is 0 Å². The SMILES string of the molecule is CCCCCCCCS(=O)(=O)c1ccc(NC(=O)Nc2ccccc2)cc1. The highest BCUT2D eigenvalue weighted by atomic mass is 32.2. The summed E-state index contributed by atoms with van der Waals surface area (Å²) in [6, 6.07) is 15.1. The Balaban J connectivity index is 1.83. The van der Waals surface area contributed by atoms with Crippen LogP contribution in [0.5, 0.6) is 0 Å². The maximum atomic E-state index is 12.4. The molecule has 0 saturated carbocycles. The third-order valence-corrected chi connectivity index (χ3v) is 6.09. The highest BCUT2D eigenvalue weighted by molar-refractivity contribution is 7.91. The van der Waals surface area contributed by atoms with E-state index in [0.29, 0.717) is 22.7 Å². The van der Waals surface area contributed by atoms with E-state index in [4.69, 9.17) is 0 Å². The first kappa shape index (κ1) is 21.0. The molecule has 0 bridgehead atoms. The summed E-state index contributed by atoms with van der Waals surface area (Å²) in [6.07, 6.45) is 6.27. The lowest BCUT2D eigenvalue weighted by atomic mass is 10.1. The standard InChI is InChI=1S/C21H28N2O3S/c1-2-3-4-5-6-10-17-27(25,26)20-15-13-19(14-16-20)23-21(24)22-18-11-8-7-9-12-18/h7-9,11-16H,2-6,10,17H2,1H3,(H2,22,23,24). The number of para-hydroxylation sites is 1. The van der Waals surface area contributed by atoms with Gasteiger partial charge in [0.25, 0.3) is 0 Å². The monoisotopic (exact) mass is 388 g/mol. The van der Waals surface area contributed by atoms with Crippen LogP contribution in [0.3, 0.4) is 0 Å². The van der Waals surface area contributed by atoms with E-state index >= 15 is 0 Å². The number of anilines is 2. The molecule has 0 saturated heterocycles. The van der Waals surface area contributed by atoms with Crippen LogP contribution >= 0.6 is 0 Å². The van der Waals surface area contributed by atoms with Gasteiger partial charge in [-0.25, -0.2) is 13.2 Å². The average molecular weight is 389 g/mol. The maximum absolute atomic E-state index is 12.4. The maximum Gasteiger partial charge on any atom is 0.323 e. The molecule has 2 rings (SSSR count). The molecule has 0 aliphatic rings. The molecule has 0 unspecified atom stereocenters. The third-order valence-electron chi connectivity index (χ3n) is 4.27. The van der Waals surface area contributed by atoms with Crippen LogP contribution in [-0.2, 0) is 9.84 Å². The normalized spacial score (nSPS) is 11.1. The summed E-state index contributed by atoms with van der Waals surface area (Å²) in [6.45, 7) is 2.16. The number of rotatable bonds is 10. The van der Waals surface area contributed by atoms with Gasteiger partial charge in [0.15, 0.2) is 9.84 Å². The second kappa shape index (κ2) is 10.7. The Hall–Kier alpha value is -2.34. The predicted molar refractivity (Wildman–Crippen MR) is 111 cm³/mol. The van der Waals surface area contributed by atoms with Crippen molar-refractivity contribution in [3.63, 3.8) is 0 Å². The zero-order valence-electron chi connectivity index (χ0n) is 15.8. The highest BCUT2D eigenvalue weighted by Gasteiger charge is 2.14. The summed E-state index contributed by atoms with van der Waals surface area (Å²) in [5, 5.41) is 5.41. The Labute approximate surface area is 162 Å². The van der Waals surface area contributed by atoms with Crippen molar-refractivity contribution >= 4 is 27.2 Å². The minimum Gasteiger partial charge on any atom is -0.308 e. The number of benzene rings is 2. The topological polar surface area (TPSA) is 75.3 Å². The second-order valence-electron chi connectivity index (χ2n) is 6.56. The zero-order valence-corrected chi connectivity index (χ0v) is 16.6. The largest absolute Gasteiger partial charge is 0.323 e. The molecule has 5 nitrogen and oxygen atoms in total. The molecule has 0 aliphatic carbocycles. The zero-order chi connectivity index (χ0) is 19.5. The van der Waals surface area contributed by atoms with Crippen LogP contribution in [0.1, 0.15) is 45.4 Å². The van der Waals surface area contributed by atoms with Gasteiger partial charge < -0.3 is 10.6 Å². The van der Waals surface area contributed by atoms with Crippen molar-refractivity contribution in [2.75, 3.05) is 16.4 Å². The predicted octanol–water partition coefficient (Wildman–Crippen LogP) is 5.46. The molecule has 2 N–H and O–H groups in total. The molecule has 0 aliphatic heterocycles. The Morgan fingerprint density at radius 1 is 0.778 bits per heavy atom. The van der Waals surface area contributed by atoms with Crippen molar-refractivity contribution in [2.45, 2.75) is 50.3 Å². The van der Waals surface area contributed by atoms with E-state index in [2.05, 4.69) is 17.6 Å². The molecular formula is C21H28N2O3S. The second-order valence-corrected chi connectivity index (χ2v) is 8.67. The molecule has 2 amide bonds. The first-order valence-corrected chi connectivity index (χ1v) is 11.1. The van der Waals surface area contributed by atoms with Gasteiger partial charge in [0, 0.05) is 11.4 Å². The summed E-state index contributed by atoms with van der Waals surface area (Å²) < 4.78 is 24.8. The minimum absolute atomic E-state index is 0.167. The molecule has 27 heavy (non-hydrogen) atoms. The number of carbonyl (C=O) groups is 1. The van der Waals surface area contributed by atoms with Crippen molar-refractivity contribution in [2.24, 2.45) is 0 Å². The summed E-state index contributed by atoms with van der Waals surface area (Å²) >= 11 is 0. The number of hydrogen-bond acceptors (Lipinski definition) is 3. The molecule has 0 aromatic heterocycles. The Morgan fingerprint density at radius 2 is 1.33 bits per heavy atom. The summed E-state index contributed by atoms with van der Waals surface area (Å²) in [7, 11) is -3.28. The fourth-order valence-electron chi connectivity index (χ4n) is 2.75. The number of hydrogen-bond donors (Lipinski definition) is 2. The molecule has 0 heterocycles. The van der Waals surface area contributed by atoms with Crippen LogP contribution in [0.4, 0.5) is 16.2 Å². The Morgan fingerprint density at radius 3 is 1.96 bits per heavy atom. The van der Waals surface area contributed by atoms with Crippen molar-refractivity contribution in [3.8, 4) is 0 Å². The molecule has 2 aromatic rings. The lowest BCUT2D eigenvalue weighted by Crippen LogP contribution is -2.19. The van der Waals surface area contributed by atoms with Crippen molar-refractivity contribution < 1.29 is 13.2 Å². The lowest BCUT2D eigenvalue weighted by molar-refractivity contribution is 0.262. The highest BCUT2D eigenvalue weighted by Crippen LogP contribution is 2.18. The average Bonchev–Trinajstić information content (AvgIpc) is 2.66. The van der Waals surface area contributed by atoms with Gasteiger partial charge in [-0.05, 0) is 42.8 Å². The van der Waals surface area contributed by atoms with Crippen LogP contribution in [-0.4, -0.2) is 20.2 Å². The number of sulfone groups is 1. The van der Waals surface area contributed by atoms with Crippen LogP contribution in [0.2, 0.25) is 0 Å². The van der Waals surface area contributed by atoms with Gasteiger partial charge in [0.2, 0.25) is 0 Å². The van der Waals surface area contributed by atoms with Gasteiger partial charge in [0.1, 0.15) is 0 Å². The lowest BCUT2D eigenvalue weighted by Gasteiger charge is -2.09. The fraction of sp³-hybridized carbons (Fsp3) is 0.381. The first-order chi connectivity index (χ1) is 13.0. The molecule has 0 spiro atoms. The van der Waals surface area contributed by atoms with E-state index in [1.807, 2.05) is 18.2 Å². The van der Waals surface area contributed by atoms with E-state index in [1.165, 1.54) is 19.3 Å². The molecule has 2 aromatic carbocycles. The number of nitrogens with one attached hydrogen (secondary N) is 2. The van der Waals surface area contributed by atoms with Crippen LogP contribution in [0.25, 0.3) is 0 Å². The number of amides is 2. The van der Waals surface area contributed by atoms with Crippen LogP contribution < -0.4 is 10.6 Å². The smallest absolute Gasteiger partial charge is 0.308 e. The summed E-state index contributed by atoms with van der Waals surface area (Å²) in [5.74, 6) is 0.167. The summed E-state index contributed by atoms with van der Waals surface area (Å²) in [5.41, 5.74) is 1.23. The van der Waals surface area contributed by atoms with Gasteiger partial charge in [-0.15, -0.1) is 0 Å². The number of unbranched alkanes of at least 4 members (excludes halogenated alkanes) is 5. The Kier molecular flexibility index (Phi) is 8.33. The van der Waals surface area contributed by atoms with Gasteiger partial charge in [-0.1, -0.05) is 57.2 Å². The third kappa shape index (κ3) is 7.43.